The number of ether oxygens (including phenoxy) is 2. The minimum atomic E-state index is -0.993. The van der Waals surface area contributed by atoms with Crippen LogP contribution in [-0.4, -0.2) is 24.3 Å². The highest BCUT2D eigenvalue weighted by Crippen LogP contribution is 2.37. The van der Waals surface area contributed by atoms with Crippen molar-refractivity contribution in [2.24, 2.45) is 0 Å². The van der Waals surface area contributed by atoms with E-state index in [0.717, 1.165) is 22.5 Å². The Morgan fingerprint density at radius 3 is 2.62 bits per heavy atom. The summed E-state index contributed by atoms with van der Waals surface area (Å²) in [6.07, 6.45) is 3.40. The van der Waals surface area contributed by atoms with Crippen LogP contribution in [0.1, 0.15) is 18.1 Å². The number of carboxylic acids is 1. The average molecular weight is 391 g/mol. The molecular weight excluding hydrogens is 372 g/mol. The minimum absolute atomic E-state index is 0.494. The molecule has 0 bridgehead atoms. The van der Waals surface area contributed by atoms with Crippen molar-refractivity contribution in [3.63, 3.8) is 0 Å². The Morgan fingerprint density at radius 1 is 1.21 bits per heavy atom. The molecule has 2 rings (SSSR count). The highest BCUT2D eigenvalue weighted by Gasteiger charge is 2.11. The minimum Gasteiger partial charge on any atom is -0.490 e. The Morgan fingerprint density at radius 2 is 1.96 bits per heavy atom. The van der Waals surface area contributed by atoms with E-state index in [1.165, 1.54) is 11.6 Å². The van der Waals surface area contributed by atoms with E-state index in [1.807, 2.05) is 25.1 Å². The lowest BCUT2D eigenvalue weighted by Crippen LogP contribution is -2.04. The van der Waals surface area contributed by atoms with Crippen molar-refractivity contribution >= 4 is 28.0 Å². The van der Waals surface area contributed by atoms with Crippen LogP contribution in [0.25, 0.3) is 6.08 Å². The second-order valence-corrected chi connectivity index (χ2v) is 5.87. The van der Waals surface area contributed by atoms with Gasteiger partial charge in [-0.2, -0.15) is 0 Å². The van der Waals surface area contributed by atoms with E-state index < -0.39 is 5.97 Å². The van der Waals surface area contributed by atoms with Gasteiger partial charge < -0.3 is 14.6 Å². The molecule has 0 radical (unpaired) electrons. The van der Waals surface area contributed by atoms with Gasteiger partial charge in [-0.15, -0.1) is 0 Å². The molecular formula is C19H19BrO4. The molecule has 0 aliphatic heterocycles. The Labute approximate surface area is 149 Å². The topological polar surface area (TPSA) is 55.8 Å². The zero-order chi connectivity index (χ0) is 17.4. The van der Waals surface area contributed by atoms with E-state index in [2.05, 4.69) is 28.1 Å². The molecule has 0 saturated heterocycles. The number of benzene rings is 2. The van der Waals surface area contributed by atoms with Gasteiger partial charge in [0.2, 0.25) is 0 Å². The van der Waals surface area contributed by atoms with E-state index in [0.29, 0.717) is 24.7 Å². The lowest BCUT2D eigenvalue weighted by atomic mass is 10.1. The summed E-state index contributed by atoms with van der Waals surface area (Å²) >= 11 is 3.48. The molecule has 2 aromatic rings. The quantitative estimate of drug-likeness (QED) is 0.670. The molecule has 126 valence electrons. The van der Waals surface area contributed by atoms with Crippen LogP contribution in [0.2, 0.25) is 0 Å². The second-order valence-electron chi connectivity index (χ2n) is 5.02. The van der Waals surface area contributed by atoms with Gasteiger partial charge in [0.25, 0.3) is 0 Å². The molecule has 4 nitrogen and oxygen atoms in total. The molecule has 0 saturated carbocycles. The summed E-state index contributed by atoms with van der Waals surface area (Å²) in [5.41, 5.74) is 1.93. The first-order valence-electron chi connectivity index (χ1n) is 7.64. The summed E-state index contributed by atoms with van der Waals surface area (Å²) in [6.45, 7) is 2.90. The molecule has 2 aromatic carbocycles. The second kappa shape index (κ2) is 9.13. The van der Waals surface area contributed by atoms with E-state index in [1.54, 1.807) is 12.1 Å². The van der Waals surface area contributed by atoms with Gasteiger partial charge in [-0.3, -0.25) is 0 Å². The lowest BCUT2D eigenvalue weighted by Gasteiger charge is -2.14. The molecule has 0 fully saturated rings. The zero-order valence-electron chi connectivity index (χ0n) is 13.4. The first kappa shape index (κ1) is 18.1. The third kappa shape index (κ3) is 5.42. The summed E-state index contributed by atoms with van der Waals surface area (Å²) in [6, 6.07) is 13.7. The lowest BCUT2D eigenvalue weighted by molar-refractivity contribution is -0.131. The molecule has 0 heterocycles. The summed E-state index contributed by atoms with van der Waals surface area (Å²) < 4.78 is 12.3. The molecule has 24 heavy (non-hydrogen) atoms. The van der Waals surface area contributed by atoms with Crippen molar-refractivity contribution in [3.05, 3.63) is 64.1 Å². The maximum absolute atomic E-state index is 10.7. The molecule has 0 amide bonds. The standard InChI is InChI=1S/C19H19BrO4/c1-2-23-17-13-15(8-9-18(21)22)12-16(20)19(17)24-11-10-14-6-4-3-5-7-14/h3-9,12-13H,2,10-11H2,1H3,(H,21,22)/b9-8+. The van der Waals surface area contributed by atoms with Crippen LogP contribution in [0.5, 0.6) is 11.5 Å². The molecule has 0 aromatic heterocycles. The smallest absolute Gasteiger partial charge is 0.328 e. The Kier molecular flexibility index (Phi) is 6.88. The van der Waals surface area contributed by atoms with Crippen LogP contribution < -0.4 is 9.47 Å². The maximum atomic E-state index is 10.7. The van der Waals surface area contributed by atoms with Crippen molar-refractivity contribution in [1.82, 2.24) is 0 Å². The van der Waals surface area contributed by atoms with Gasteiger partial charge in [-0.25, -0.2) is 4.79 Å². The Bertz CT molecular complexity index is 711. The van der Waals surface area contributed by atoms with Gasteiger partial charge in [0, 0.05) is 12.5 Å². The normalized spacial score (nSPS) is 10.8. The SMILES string of the molecule is CCOc1cc(/C=C/C(=O)O)cc(Br)c1OCCc1ccccc1. The van der Waals surface area contributed by atoms with Gasteiger partial charge >= 0.3 is 5.97 Å². The van der Waals surface area contributed by atoms with E-state index in [4.69, 9.17) is 14.6 Å². The summed E-state index contributed by atoms with van der Waals surface area (Å²) in [5.74, 6) is 0.220. The monoisotopic (exact) mass is 390 g/mol. The zero-order valence-corrected chi connectivity index (χ0v) is 15.0. The number of hydrogen-bond donors (Lipinski definition) is 1. The summed E-state index contributed by atoms with van der Waals surface area (Å²) in [7, 11) is 0. The largest absolute Gasteiger partial charge is 0.490 e. The van der Waals surface area contributed by atoms with Crippen LogP contribution >= 0.6 is 15.9 Å². The van der Waals surface area contributed by atoms with Crippen molar-refractivity contribution in [2.45, 2.75) is 13.3 Å². The molecule has 5 heteroatoms. The van der Waals surface area contributed by atoms with E-state index in [9.17, 15) is 4.79 Å². The molecule has 1 N–H and O–H groups in total. The number of rotatable bonds is 8. The van der Waals surface area contributed by atoms with Gasteiger partial charge in [0.05, 0.1) is 17.7 Å². The van der Waals surface area contributed by atoms with Crippen molar-refractivity contribution in [3.8, 4) is 11.5 Å². The summed E-state index contributed by atoms with van der Waals surface area (Å²) in [5, 5.41) is 8.74. The fraction of sp³-hybridized carbons (Fsp3) is 0.211. The van der Waals surface area contributed by atoms with Crippen molar-refractivity contribution in [1.29, 1.82) is 0 Å². The molecule has 0 aliphatic carbocycles. The Balaban J connectivity index is 2.13. The Hall–Kier alpha value is -2.27. The third-order valence-corrected chi connectivity index (χ3v) is 3.82. The summed E-state index contributed by atoms with van der Waals surface area (Å²) in [4.78, 5) is 10.7. The van der Waals surface area contributed by atoms with Gasteiger partial charge in [-0.1, -0.05) is 30.3 Å². The van der Waals surface area contributed by atoms with Crippen LogP contribution in [-0.2, 0) is 11.2 Å². The van der Waals surface area contributed by atoms with Crippen LogP contribution in [0.3, 0.4) is 0 Å². The van der Waals surface area contributed by atoms with E-state index >= 15 is 0 Å². The molecule has 0 unspecified atom stereocenters. The fourth-order valence-corrected chi connectivity index (χ4v) is 2.74. The molecule has 0 spiro atoms. The van der Waals surface area contributed by atoms with Gasteiger partial charge in [0.15, 0.2) is 11.5 Å². The van der Waals surface area contributed by atoms with Crippen molar-refractivity contribution < 1.29 is 19.4 Å². The number of halogens is 1. The average Bonchev–Trinajstić information content (AvgIpc) is 2.56. The number of carboxylic acid groups (broad SMARTS) is 1. The van der Waals surface area contributed by atoms with Gasteiger partial charge in [0.1, 0.15) is 0 Å². The molecule has 0 aliphatic rings. The predicted molar refractivity (Wildman–Crippen MR) is 97.6 cm³/mol. The predicted octanol–water partition coefficient (Wildman–Crippen LogP) is 4.57. The van der Waals surface area contributed by atoms with E-state index in [-0.39, 0.29) is 0 Å². The van der Waals surface area contributed by atoms with Gasteiger partial charge in [-0.05, 0) is 52.2 Å². The third-order valence-electron chi connectivity index (χ3n) is 3.23. The molecule has 0 atom stereocenters. The van der Waals surface area contributed by atoms with Crippen molar-refractivity contribution in [2.75, 3.05) is 13.2 Å². The first-order chi connectivity index (χ1) is 11.6. The number of aliphatic carboxylic acids is 1. The van der Waals surface area contributed by atoms with Crippen LogP contribution in [0.15, 0.2) is 53.0 Å². The number of carbonyl (C=O) groups is 1. The highest BCUT2D eigenvalue weighted by molar-refractivity contribution is 9.10. The highest BCUT2D eigenvalue weighted by atomic mass is 79.9. The number of hydrogen-bond acceptors (Lipinski definition) is 3. The maximum Gasteiger partial charge on any atom is 0.328 e. The van der Waals surface area contributed by atoms with Crippen LogP contribution in [0.4, 0.5) is 0 Å². The van der Waals surface area contributed by atoms with Crippen LogP contribution in [0, 0.1) is 0 Å². The fourth-order valence-electron chi connectivity index (χ4n) is 2.17. The first-order valence-corrected chi connectivity index (χ1v) is 8.43.